The van der Waals surface area contributed by atoms with E-state index in [1.54, 1.807) is 0 Å². The van der Waals surface area contributed by atoms with Gasteiger partial charge in [-0.2, -0.15) is 0 Å². The number of benzene rings is 4. The first-order valence-corrected chi connectivity index (χ1v) is 14.6. The summed E-state index contributed by atoms with van der Waals surface area (Å²) in [6.07, 6.45) is 11.2. The van der Waals surface area contributed by atoms with Crippen molar-refractivity contribution in [1.29, 1.82) is 0 Å². The number of rotatable bonds is 6. The number of allylic oxidation sites excluding steroid dienone is 4. The number of fused-ring (bicyclic) bond motifs is 2. The smallest absolute Gasteiger partial charge is 0.0716 e. The third-order valence-corrected chi connectivity index (χ3v) is 8.63. The molecule has 0 unspecified atom stereocenters. The van der Waals surface area contributed by atoms with E-state index in [9.17, 15) is 10.2 Å². The molecular weight excluding hydrogens is 516 g/mol. The number of nitrogens with zero attached hydrogens (tertiary/aromatic N) is 2. The fraction of sp³-hybridized carbons (Fsp3) is 0.158. The highest BCUT2D eigenvalue weighted by molar-refractivity contribution is 5.87. The summed E-state index contributed by atoms with van der Waals surface area (Å²) in [4.78, 5) is 4.49. The molecule has 4 aromatic rings. The molecule has 2 aliphatic heterocycles. The van der Waals surface area contributed by atoms with Crippen LogP contribution in [0.1, 0.15) is 22.3 Å². The van der Waals surface area contributed by atoms with Gasteiger partial charge in [0.1, 0.15) is 0 Å². The zero-order valence-corrected chi connectivity index (χ0v) is 23.4. The fourth-order valence-corrected chi connectivity index (χ4v) is 6.32. The molecule has 1 fully saturated rings. The molecule has 1 aliphatic carbocycles. The maximum Gasteiger partial charge on any atom is 0.0716 e. The molecule has 2 N–H and O–H groups in total. The lowest BCUT2D eigenvalue weighted by Crippen LogP contribution is -2.53. The van der Waals surface area contributed by atoms with E-state index < -0.39 is 12.2 Å². The topological polar surface area (TPSA) is 46.9 Å². The van der Waals surface area contributed by atoms with Crippen LogP contribution < -0.4 is 9.80 Å². The summed E-state index contributed by atoms with van der Waals surface area (Å²) in [5, 5.41) is 22.5. The van der Waals surface area contributed by atoms with E-state index >= 15 is 0 Å². The van der Waals surface area contributed by atoms with Gasteiger partial charge in [0.25, 0.3) is 0 Å². The second-order valence-electron chi connectivity index (χ2n) is 11.3. The van der Waals surface area contributed by atoms with Crippen molar-refractivity contribution in [2.24, 2.45) is 11.8 Å². The predicted molar refractivity (Wildman–Crippen MR) is 171 cm³/mol. The van der Waals surface area contributed by atoms with Crippen molar-refractivity contribution in [2.75, 3.05) is 9.80 Å². The van der Waals surface area contributed by atoms with Crippen LogP contribution in [0.25, 0.3) is 11.1 Å². The van der Waals surface area contributed by atoms with Crippen LogP contribution in [0.5, 0.6) is 0 Å². The lowest BCUT2D eigenvalue weighted by molar-refractivity contribution is -0.109. The Morgan fingerprint density at radius 3 is 1.31 bits per heavy atom. The zero-order valence-electron chi connectivity index (χ0n) is 23.4. The SMILES string of the molecule is OC1C(/C=C2/C=CN(Cc3ccccc3)c3ccccc32)C(O)C1/C=C1/C=CN(Cc2ccccc2)c2ccccc21. The van der Waals surface area contributed by atoms with Crippen LogP contribution in [0.2, 0.25) is 0 Å². The Balaban J connectivity index is 1.11. The van der Waals surface area contributed by atoms with Gasteiger partial charge >= 0.3 is 0 Å². The Labute approximate surface area is 247 Å². The van der Waals surface area contributed by atoms with Crippen LogP contribution in [-0.4, -0.2) is 22.4 Å². The summed E-state index contributed by atoms with van der Waals surface area (Å²) < 4.78 is 0. The molecule has 4 aromatic carbocycles. The predicted octanol–water partition coefficient (Wildman–Crippen LogP) is 7.19. The molecule has 0 atom stereocenters. The van der Waals surface area contributed by atoms with Crippen LogP contribution in [0.4, 0.5) is 11.4 Å². The molecule has 208 valence electrons. The molecule has 4 nitrogen and oxygen atoms in total. The Bertz CT molecular complexity index is 1550. The lowest BCUT2D eigenvalue weighted by Gasteiger charge is -2.44. The molecule has 1 saturated carbocycles. The standard InChI is InChI=1S/C38H34N2O2/c41-37-33(23-29-19-21-39(25-27-11-3-1-4-12-27)35-17-9-7-15-31(29)35)38(42)34(37)24-30-20-22-40(26-28-13-5-2-6-14-28)36-18-10-8-16-32(30)36/h1-24,33-34,37-38,41-42H,25-26H2/b29-23-,30-24-. The number of anilines is 2. The lowest BCUT2D eigenvalue weighted by atomic mass is 9.67. The highest BCUT2D eigenvalue weighted by atomic mass is 16.3. The van der Waals surface area contributed by atoms with E-state index in [4.69, 9.17) is 0 Å². The van der Waals surface area contributed by atoms with Gasteiger partial charge in [0.2, 0.25) is 0 Å². The summed E-state index contributed by atoms with van der Waals surface area (Å²) >= 11 is 0. The van der Waals surface area contributed by atoms with Crippen LogP contribution in [0.3, 0.4) is 0 Å². The zero-order chi connectivity index (χ0) is 28.5. The van der Waals surface area contributed by atoms with Gasteiger partial charge in [0.15, 0.2) is 0 Å². The van der Waals surface area contributed by atoms with Gasteiger partial charge in [-0.1, -0.05) is 109 Å². The highest BCUT2D eigenvalue weighted by Gasteiger charge is 2.47. The minimum atomic E-state index is -0.661. The average molecular weight is 551 g/mol. The van der Waals surface area contributed by atoms with Crippen molar-refractivity contribution in [3.05, 3.63) is 168 Å². The molecule has 0 bridgehead atoms. The van der Waals surface area contributed by atoms with E-state index in [0.717, 1.165) is 46.7 Å². The summed E-state index contributed by atoms with van der Waals surface area (Å²) in [5.74, 6) is -0.671. The highest BCUT2D eigenvalue weighted by Crippen LogP contribution is 2.43. The van der Waals surface area contributed by atoms with E-state index in [0.29, 0.717) is 0 Å². The van der Waals surface area contributed by atoms with E-state index in [-0.39, 0.29) is 11.8 Å². The van der Waals surface area contributed by atoms with Crippen LogP contribution >= 0.6 is 0 Å². The first-order chi connectivity index (χ1) is 20.7. The molecule has 0 amide bonds. The number of hydrogen-bond donors (Lipinski definition) is 2. The van der Waals surface area contributed by atoms with Crippen LogP contribution in [-0.2, 0) is 13.1 Å². The van der Waals surface area contributed by atoms with Gasteiger partial charge < -0.3 is 20.0 Å². The van der Waals surface area contributed by atoms with Gasteiger partial charge in [0, 0.05) is 59.8 Å². The Morgan fingerprint density at radius 2 is 0.881 bits per heavy atom. The largest absolute Gasteiger partial charge is 0.392 e. The Morgan fingerprint density at radius 1 is 0.500 bits per heavy atom. The average Bonchev–Trinajstić information content (AvgIpc) is 3.05. The van der Waals surface area contributed by atoms with Crippen molar-refractivity contribution in [1.82, 2.24) is 0 Å². The molecule has 7 rings (SSSR count). The first-order valence-electron chi connectivity index (χ1n) is 14.6. The van der Waals surface area contributed by atoms with E-state index in [1.807, 2.05) is 36.4 Å². The number of para-hydroxylation sites is 2. The molecule has 42 heavy (non-hydrogen) atoms. The summed E-state index contributed by atoms with van der Waals surface area (Å²) in [7, 11) is 0. The van der Waals surface area contributed by atoms with Crippen molar-refractivity contribution in [2.45, 2.75) is 25.3 Å². The summed E-state index contributed by atoms with van der Waals surface area (Å²) in [6.45, 7) is 1.56. The van der Waals surface area contributed by atoms with Crippen LogP contribution in [0, 0.1) is 11.8 Å². The van der Waals surface area contributed by atoms with Crippen molar-refractivity contribution < 1.29 is 10.2 Å². The monoisotopic (exact) mass is 550 g/mol. The molecule has 0 radical (unpaired) electrons. The second-order valence-corrected chi connectivity index (χ2v) is 11.3. The summed E-state index contributed by atoms with van der Waals surface area (Å²) in [6, 6.07) is 37.6. The van der Waals surface area contributed by atoms with E-state index in [1.165, 1.54) is 11.1 Å². The maximum absolute atomic E-state index is 11.3. The van der Waals surface area contributed by atoms with Crippen molar-refractivity contribution >= 4 is 22.5 Å². The molecule has 2 heterocycles. The molecule has 0 saturated heterocycles. The van der Waals surface area contributed by atoms with E-state index in [2.05, 4.69) is 119 Å². The minimum absolute atomic E-state index is 0.336. The van der Waals surface area contributed by atoms with Crippen molar-refractivity contribution in [3.63, 3.8) is 0 Å². The second kappa shape index (κ2) is 11.3. The Kier molecular flexibility index (Phi) is 7.08. The van der Waals surface area contributed by atoms with Gasteiger partial charge in [-0.3, -0.25) is 0 Å². The molecule has 4 heteroatoms. The quantitative estimate of drug-likeness (QED) is 0.267. The third kappa shape index (κ3) is 5.00. The minimum Gasteiger partial charge on any atom is -0.392 e. The Hall–Kier alpha value is -4.64. The molecule has 0 spiro atoms. The molecule has 0 aromatic heterocycles. The first kappa shape index (κ1) is 26.3. The normalized spacial score (nSPS) is 24.4. The van der Waals surface area contributed by atoms with Crippen LogP contribution in [0.15, 0.2) is 146 Å². The maximum atomic E-state index is 11.3. The fourth-order valence-electron chi connectivity index (χ4n) is 6.32. The van der Waals surface area contributed by atoms with Crippen molar-refractivity contribution in [3.8, 4) is 0 Å². The number of aliphatic hydroxyl groups excluding tert-OH is 2. The van der Waals surface area contributed by atoms with Gasteiger partial charge in [-0.25, -0.2) is 0 Å². The number of aliphatic hydroxyl groups is 2. The van der Waals surface area contributed by atoms with Gasteiger partial charge in [-0.05, 0) is 46.6 Å². The molecular formula is C38H34N2O2. The number of hydrogen-bond acceptors (Lipinski definition) is 4. The van der Waals surface area contributed by atoms with Gasteiger partial charge in [0.05, 0.1) is 12.2 Å². The molecule has 3 aliphatic rings. The van der Waals surface area contributed by atoms with Gasteiger partial charge in [-0.15, -0.1) is 0 Å². The third-order valence-electron chi connectivity index (χ3n) is 8.63. The summed E-state index contributed by atoms with van der Waals surface area (Å²) in [5.41, 5.74) is 9.02.